The van der Waals surface area contributed by atoms with Gasteiger partial charge in [0, 0.05) is 39.4 Å². The summed E-state index contributed by atoms with van der Waals surface area (Å²) in [5, 5.41) is 7.18. The van der Waals surface area contributed by atoms with Gasteiger partial charge in [0.25, 0.3) is 0 Å². The first-order chi connectivity index (χ1) is 10.3. The maximum Gasteiger partial charge on any atom is 0.191 e. The van der Waals surface area contributed by atoms with Crippen LogP contribution in [0.5, 0.6) is 0 Å². The molecule has 6 nitrogen and oxygen atoms in total. The second-order valence-electron chi connectivity index (χ2n) is 4.77. The van der Waals surface area contributed by atoms with E-state index < -0.39 is 0 Å². The van der Waals surface area contributed by atoms with Crippen LogP contribution >= 0.6 is 11.6 Å². The Morgan fingerprint density at radius 2 is 2.19 bits per heavy atom. The van der Waals surface area contributed by atoms with E-state index in [1.165, 1.54) is 0 Å². The highest BCUT2D eigenvalue weighted by Gasteiger charge is 2.09. The highest BCUT2D eigenvalue weighted by atomic mass is 35.5. The van der Waals surface area contributed by atoms with Gasteiger partial charge in [0.2, 0.25) is 0 Å². The maximum absolute atomic E-state index is 5.81. The summed E-state index contributed by atoms with van der Waals surface area (Å²) in [5.41, 5.74) is 0.926. The minimum atomic E-state index is 0.619. The molecule has 2 heterocycles. The van der Waals surface area contributed by atoms with E-state index >= 15 is 0 Å². The molecule has 0 radical (unpaired) electrons. The average molecular weight is 312 g/mol. The average Bonchev–Trinajstić information content (AvgIpc) is 2.53. The summed E-state index contributed by atoms with van der Waals surface area (Å²) in [6.45, 7) is 6.13. The molecule has 0 spiro atoms. The SMILES string of the molecule is CN=C(NCCN1CCOCC1)NCc1ccc(Cl)cn1. The summed E-state index contributed by atoms with van der Waals surface area (Å²) in [5.74, 6) is 0.778. The van der Waals surface area contributed by atoms with Crippen LogP contribution in [0.15, 0.2) is 23.3 Å². The lowest BCUT2D eigenvalue weighted by Gasteiger charge is -2.26. The number of guanidine groups is 1. The van der Waals surface area contributed by atoms with Gasteiger partial charge >= 0.3 is 0 Å². The smallest absolute Gasteiger partial charge is 0.191 e. The summed E-state index contributed by atoms with van der Waals surface area (Å²) < 4.78 is 5.33. The number of hydrogen-bond acceptors (Lipinski definition) is 4. The number of aromatic nitrogens is 1. The molecule has 0 amide bonds. The molecule has 0 saturated carbocycles. The minimum absolute atomic E-state index is 0.619. The molecule has 0 unspecified atom stereocenters. The zero-order chi connectivity index (χ0) is 14.9. The van der Waals surface area contributed by atoms with Crippen LogP contribution in [0.3, 0.4) is 0 Å². The Balaban J connectivity index is 1.67. The molecule has 0 atom stereocenters. The van der Waals surface area contributed by atoms with E-state index in [0.29, 0.717) is 11.6 Å². The van der Waals surface area contributed by atoms with Gasteiger partial charge in [-0.3, -0.25) is 14.9 Å². The summed E-state index contributed by atoms with van der Waals surface area (Å²) in [6.07, 6.45) is 1.65. The molecule has 0 aliphatic carbocycles. The molecule has 1 aromatic rings. The Labute approximate surface area is 130 Å². The van der Waals surface area contributed by atoms with Crippen LogP contribution in [-0.4, -0.2) is 62.3 Å². The van der Waals surface area contributed by atoms with Crippen molar-refractivity contribution in [3.05, 3.63) is 29.0 Å². The largest absolute Gasteiger partial charge is 0.379 e. The Morgan fingerprint density at radius 1 is 1.38 bits per heavy atom. The fourth-order valence-electron chi connectivity index (χ4n) is 2.06. The van der Waals surface area contributed by atoms with Crippen molar-refractivity contribution in [1.82, 2.24) is 20.5 Å². The first kappa shape index (κ1) is 16.0. The first-order valence-corrected chi connectivity index (χ1v) is 7.51. The number of aliphatic imine (C=N–C) groups is 1. The second kappa shape index (κ2) is 8.81. The Hall–Kier alpha value is -1.37. The van der Waals surface area contributed by atoms with Crippen molar-refractivity contribution in [2.45, 2.75) is 6.54 Å². The van der Waals surface area contributed by atoms with Crippen molar-refractivity contribution in [2.75, 3.05) is 46.4 Å². The van der Waals surface area contributed by atoms with Crippen LogP contribution in [-0.2, 0) is 11.3 Å². The van der Waals surface area contributed by atoms with Crippen molar-refractivity contribution < 1.29 is 4.74 Å². The molecule has 1 aromatic heterocycles. The van der Waals surface area contributed by atoms with Crippen LogP contribution in [0.1, 0.15) is 5.69 Å². The van der Waals surface area contributed by atoms with Crippen LogP contribution in [0.4, 0.5) is 0 Å². The van der Waals surface area contributed by atoms with E-state index in [1.807, 2.05) is 12.1 Å². The van der Waals surface area contributed by atoms with Gasteiger partial charge in [-0.05, 0) is 12.1 Å². The Bertz CT molecular complexity index is 445. The molecule has 1 saturated heterocycles. The van der Waals surface area contributed by atoms with E-state index in [9.17, 15) is 0 Å². The molecule has 21 heavy (non-hydrogen) atoms. The molecular formula is C14H22ClN5O. The van der Waals surface area contributed by atoms with Crippen LogP contribution in [0.2, 0.25) is 5.02 Å². The van der Waals surface area contributed by atoms with Crippen molar-refractivity contribution in [1.29, 1.82) is 0 Å². The van der Waals surface area contributed by atoms with E-state index in [0.717, 1.165) is 51.0 Å². The van der Waals surface area contributed by atoms with Gasteiger partial charge < -0.3 is 15.4 Å². The Morgan fingerprint density at radius 3 is 2.86 bits per heavy atom. The number of nitrogens with zero attached hydrogens (tertiary/aromatic N) is 3. The number of pyridine rings is 1. The third kappa shape index (κ3) is 5.87. The number of halogens is 1. The van der Waals surface area contributed by atoms with Gasteiger partial charge in [0.05, 0.1) is 30.5 Å². The number of ether oxygens (including phenoxy) is 1. The van der Waals surface area contributed by atoms with E-state index in [4.69, 9.17) is 16.3 Å². The van der Waals surface area contributed by atoms with Crippen molar-refractivity contribution in [3.63, 3.8) is 0 Å². The number of morpholine rings is 1. The molecule has 2 rings (SSSR count). The van der Waals surface area contributed by atoms with Gasteiger partial charge in [-0.2, -0.15) is 0 Å². The monoisotopic (exact) mass is 311 g/mol. The fraction of sp³-hybridized carbons (Fsp3) is 0.571. The third-order valence-corrected chi connectivity index (χ3v) is 3.50. The zero-order valence-electron chi connectivity index (χ0n) is 12.3. The van der Waals surface area contributed by atoms with Crippen LogP contribution in [0, 0.1) is 0 Å². The summed E-state index contributed by atoms with van der Waals surface area (Å²) in [7, 11) is 1.76. The lowest BCUT2D eigenvalue weighted by Crippen LogP contribution is -2.44. The van der Waals surface area contributed by atoms with Crippen LogP contribution < -0.4 is 10.6 Å². The molecule has 2 N–H and O–H groups in total. The predicted molar refractivity (Wildman–Crippen MR) is 84.7 cm³/mol. The minimum Gasteiger partial charge on any atom is -0.379 e. The molecule has 1 aliphatic rings. The number of hydrogen-bond donors (Lipinski definition) is 2. The van der Waals surface area contributed by atoms with Gasteiger partial charge in [0.1, 0.15) is 0 Å². The molecule has 0 bridgehead atoms. The molecule has 1 aliphatic heterocycles. The third-order valence-electron chi connectivity index (χ3n) is 3.27. The first-order valence-electron chi connectivity index (χ1n) is 7.13. The zero-order valence-corrected chi connectivity index (χ0v) is 13.1. The lowest BCUT2D eigenvalue weighted by molar-refractivity contribution is 0.0389. The molecular weight excluding hydrogens is 290 g/mol. The highest BCUT2D eigenvalue weighted by molar-refractivity contribution is 6.30. The molecule has 116 valence electrons. The van der Waals surface area contributed by atoms with Gasteiger partial charge in [-0.25, -0.2) is 0 Å². The normalized spacial score (nSPS) is 16.8. The van der Waals surface area contributed by atoms with Crippen LogP contribution in [0.25, 0.3) is 0 Å². The molecule has 0 aromatic carbocycles. The Kier molecular flexibility index (Phi) is 6.72. The maximum atomic E-state index is 5.81. The molecule has 1 fully saturated rings. The lowest BCUT2D eigenvalue weighted by atomic mass is 10.3. The number of nitrogens with one attached hydrogen (secondary N) is 2. The van der Waals surface area contributed by atoms with Gasteiger partial charge in [-0.15, -0.1) is 0 Å². The predicted octanol–water partition coefficient (Wildman–Crippen LogP) is 0.732. The van der Waals surface area contributed by atoms with E-state index in [-0.39, 0.29) is 0 Å². The summed E-state index contributed by atoms with van der Waals surface area (Å²) in [6, 6.07) is 3.73. The van der Waals surface area contributed by atoms with E-state index in [2.05, 4.69) is 25.5 Å². The van der Waals surface area contributed by atoms with Crippen molar-refractivity contribution in [2.24, 2.45) is 4.99 Å². The number of rotatable bonds is 5. The fourth-order valence-corrected chi connectivity index (χ4v) is 2.17. The second-order valence-corrected chi connectivity index (χ2v) is 5.21. The topological polar surface area (TPSA) is 61.8 Å². The van der Waals surface area contributed by atoms with Gasteiger partial charge in [0.15, 0.2) is 5.96 Å². The molecule has 7 heteroatoms. The van der Waals surface area contributed by atoms with Gasteiger partial charge in [-0.1, -0.05) is 11.6 Å². The highest BCUT2D eigenvalue weighted by Crippen LogP contribution is 2.05. The summed E-state index contributed by atoms with van der Waals surface area (Å²) >= 11 is 5.81. The van der Waals surface area contributed by atoms with E-state index in [1.54, 1.807) is 13.2 Å². The van der Waals surface area contributed by atoms with Crippen molar-refractivity contribution in [3.8, 4) is 0 Å². The summed E-state index contributed by atoms with van der Waals surface area (Å²) in [4.78, 5) is 10.8. The quantitative estimate of drug-likeness (QED) is 0.620. The van der Waals surface area contributed by atoms with Crippen molar-refractivity contribution >= 4 is 17.6 Å². The standard InChI is InChI=1S/C14H22ClN5O/c1-16-14(17-4-5-20-6-8-21-9-7-20)19-11-13-3-2-12(15)10-18-13/h2-3,10H,4-9,11H2,1H3,(H2,16,17,19).